The fraction of sp³-hybridized carbons (Fsp3) is 0.632. The first-order valence-electron chi connectivity index (χ1n) is 9.74. The monoisotopic (exact) mass is 488 g/mol. The predicted molar refractivity (Wildman–Crippen MR) is 106 cm³/mol. The van der Waals surface area contributed by atoms with E-state index in [1.807, 2.05) is 0 Å². The van der Waals surface area contributed by atoms with Gasteiger partial charge in [-0.05, 0) is 30.5 Å². The number of rotatable bonds is 18. The van der Waals surface area contributed by atoms with Crippen LogP contribution in [0.25, 0.3) is 0 Å². The van der Waals surface area contributed by atoms with Crippen molar-refractivity contribution >= 4 is 16.1 Å². The van der Waals surface area contributed by atoms with E-state index in [2.05, 4.69) is 4.18 Å². The average molecular weight is 488 g/mol. The number of carboxylic acids is 1. The van der Waals surface area contributed by atoms with Crippen molar-refractivity contribution in [2.75, 3.05) is 52.9 Å². The first kappa shape index (κ1) is 28.1. The smallest absolute Gasteiger partial charge is 0.481 e. The van der Waals surface area contributed by atoms with E-state index in [-0.39, 0.29) is 13.0 Å². The Balaban J connectivity index is 2.03. The Hall–Kier alpha value is -1.93. The number of aliphatic carboxylic acids is 1. The molecule has 0 saturated heterocycles. The molecule has 0 unspecified atom stereocenters. The van der Waals surface area contributed by atoms with E-state index in [0.717, 1.165) is 6.07 Å². The van der Waals surface area contributed by atoms with Gasteiger partial charge < -0.3 is 28.2 Å². The van der Waals surface area contributed by atoms with E-state index in [9.17, 15) is 26.4 Å². The lowest BCUT2D eigenvalue weighted by atomic mass is 10.1. The van der Waals surface area contributed by atoms with E-state index in [4.69, 9.17) is 24.1 Å². The van der Waals surface area contributed by atoms with Crippen molar-refractivity contribution in [3.05, 3.63) is 29.8 Å². The summed E-state index contributed by atoms with van der Waals surface area (Å²) in [6.07, 6.45) is 0.989. The Morgan fingerprint density at radius 1 is 0.875 bits per heavy atom. The van der Waals surface area contributed by atoms with Gasteiger partial charge in [0.15, 0.2) is 0 Å². The Morgan fingerprint density at radius 3 is 1.94 bits per heavy atom. The number of hydrogen-bond donors (Lipinski definition) is 1. The zero-order valence-corrected chi connectivity index (χ0v) is 18.2. The second kappa shape index (κ2) is 15.0. The second-order valence-corrected chi connectivity index (χ2v) is 7.87. The van der Waals surface area contributed by atoms with Crippen molar-refractivity contribution < 1.29 is 54.6 Å². The van der Waals surface area contributed by atoms with Gasteiger partial charge in [0.2, 0.25) is 0 Å². The molecule has 0 aliphatic rings. The summed E-state index contributed by atoms with van der Waals surface area (Å²) in [5.41, 5.74) is -4.87. The van der Waals surface area contributed by atoms with Gasteiger partial charge >= 0.3 is 21.6 Å². The lowest BCUT2D eigenvalue weighted by Crippen LogP contribution is -2.28. The van der Waals surface area contributed by atoms with E-state index in [0.29, 0.717) is 64.7 Å². The fourth-order valence-electron chi connectivity index (χ4n) is 2.23. The van der Waals surface area contributed by atoms with Crippen LogP contribution in [0.15, 0.2) is 24.3 Å². The Morgan fingerprint density at radius 2 is 1.41 bits per heavy atom. The van der Waals surface area contributed by atoms with Crippen LogP contribution in [0.4, 0.5) is 13.2 Å². The van der Waals surface area contributed by atoms with Crippen LogP contribution < -0.4 is 4.18 Å². The SMILES string of the molecule is O=C(O)CCOCCOCCOCCOCCCc1cccc(OS(=O)(=O)C(F)(F)F)c1. The van der Waals surface area contributed by atoms with Crippen molar-refractivity contribution in [1.29, 1.82) is 0 Å². The third-order valence-corrected chi connectivity index (χ3v) is 4.70. The predicted octanol–water partition coefficient (Wildman–Crippen LogP) is 2.39. The van der Waals surface area contributed by atoms with Gasteiger partial charge in [-0.15, -0.1) is 0 Å². The van der Waals surface area contributed by atoms with Gasteiger partial charge in [-0.2, -0.15) is 21.6 Å². The van der Waals surface area contributed by atoms with E-state index < -0.39 is 27.3 Å². The largest absolute Gasteiger partial charge is 0.534 e. The van der Waals surface area contributed by atoms with Crippen LogP contribution in [0.2, 0.25) is 0 Å². The molecule has 1 aromatic rings. The number of ether oxygens (including phenoxy) is 4. The minimum Gasteiger partial charge on any atom is -0.481 e. The average Bonchev–Trinajstić information content (AvgIpc) is 2.69. The van der Waals surface area contributed by atoms with Crippen molar-refractivity contribution in [2.24, 2.45) is 0 Å². The molecule has 184 valence electrons. The number of alkyl halides is 3. The number of halogens is 3. The van der Waals surface area contributed by atoms with Crippen LogP contribution in [0.3, 0.4) is 0 Å². The Bertz CT molecular complexity index is 770. The van der Waals surface area contributed by atoms with Crippen LogP contribution in [-0.2, 0) is 40.3 Å². The summed E-state index contributed by atoms with van der Waals surface area (Å²) < 4.78 is 84.3. The first-order chi connectivity index (χ1) is 15.1. The highest BCUT2D eigenvalue weighted by molar-refractivity contribution is 7.88. The summed E-state index contributed by atoms with van der Waals surface area (Å²) in [4.78, 5) is 10.3. The minimum absolute atomic E-state index is 0.0454. The van der Waals surface area contributed by atoms with E-state index in [1.54, 1.807) is 6.07 Å². The van der Waals surface area contributed by atoms with Crippen LogP contribution in [0.1, 0.15) is 18.4 Å². The number of aryl methyl sites for hydroxylation is 1. The van der Waals surface area contributed by atoms with E-state index >= 15 is 0 Å². The molecular weight excluding hydrogens is 461 g/mol. The van der Waals surface area contributed by atoms with Crippen molar-refractivity contribution in [2.45, 2.75) is 24.8 Å². The Kier molecular flexibility index (Phi) is 13.2. The summed E-state index contributed by atoms with van der Waals surface area (Å²) in [5.74, 6) is -1.31. The molecule has 0 heterocycles. The maximum Gasteiger partial charge on any atom is 0.534 e. The third-order valence-electron chi connectivity index (χ3n) is 3.72. The summed E-state index contributed by atoms with van der Waals surface area (Å²) in [6.45, 7) is 2.63. The highest BCUT2D eigenvalue weighted by Crippen LogP contribution is 2.27. The second-order valence-electron chi connectivity index (χ2n) is 6.33. The topological polar surface area (TPSA) is 118 Å². The highest BCUT2D eigenvalue weighted by atomic mass is 32.2. The molecule has 0 aliphatic heterocycles. The van der Waals surface area contributed by atoms with Gasteiger partial charge in [0, 0.05) is 6.61 Å². The van der Waals surface area contributed by atoms with Gasteiger partial charge in [-0.1, -0.05) is 12.1 Å². The lowest BCUT2D eigenvalue weighted by molar-refractivity contribution is -0.138. The van der Waals surface area contributed by atoms with Crippen molar-refractivity contribution in [1.82, 2.24) is 0 Å². The molecule has 0 fully saturated rings. The maximum absolute atomic E-state index is 12.4. The van der Waals surface area contributed by atoms with Gasteiger partial charge in [-0.3, -0.25) is 4.79 Å². The minimum atomic E-state index is -5.69. The van der Waals surface area contributed by atoms with Crippen LogP contribution in [-0.4, -0.2) is 77.9 Å². The quantitative estimate of drug-likeness (QED) is 0.189. The van der Waals surface area contributed by atoms with Gasteiger partial charge in [0.25, 0.3) is 0 Å². The molecule has 9 nitrogen and oxygen atoms in total. The number of carboxylic acid groups (broad SMARTS) is 1. The summed E-state index contributed by atoms with van der Waals surface area (Å²) in [7, 11) is -5.69. The molecule has 0 radical (unpaired) electrons. The molecule has 1 aromatic carbocycles. The molecule has 13 heteroatoms. The summed E-state index contributed by atoms with van der Waals surface area (Å²) >= 11 is 0. The fourth-order valence-corrected chi connectivity index (χ4v) is 2.68. The summed E-state index contributed by atoms with van der Waals surface area (Å²) in [6, 6.07) is 5.43. The van der Waals surface area contributed by atoms with Crippen LogP contribution in [0, 0.1) is 0 Å². The number of carbonyl (C=O) groups is 1. The molecule has 0 spiro atoms. The Labute approximate surface area is 184 Å². The molecule has 1 rings (SSSR count). The maximum atomic E-state index is 12.4. The van der Waals surface area contributed by atoms with Crippen molar-refractivity contribution in [3.63, 3.8) is 0 Å². The molecule has 32 heavy (non-hydrogen) atoms. The van der Waals surface area contributed by atoms with Gasteiger partial charge in [0.05, 0.1) is 52.7 Å². The van der Waals surface area contributed by atoms with Crippen LogP contribution in [0.5, 0.6) is 5.75 Å². The van der Waals surface area contributed by atoms with E-state index in [1.165, 1.54) is 12.1 Å². The highest BCUT2D eigenvalue weighted by Gasteiger charge is 2.48. The molecule has 0 bridgehead atoms. The van der Waals surface area contributed by atoms with Crippen molar-refractivity contribution in [3.8, 4) is 5.75 Å². The lowest BCUT2D eigenvalue weighted by Gasteiger charge is -2.10. The molecule has 0 aromatic heterocycles. The van der Waals surface area contributed by atoms with Crippen LogP contribution >= 0.6 is 0 Å². The zero-order chi connectivity index (χ0) is 23.9. The molecule has 0 aliphatic carbocycles. The molecule has 0 amide bonds. The first-order valence-corrected chi connectivity index (χ1v) is 11.1. The molecule has 0 atom stereocenters. The van der Waals surface area contributed by atoms with Gasteiger partial charge in [-0.25, -0.2) is 0 Å². The zero-order valence-electron chi connectivity index (χ0n) is 17.3. The molecule has 0 saturated carbocycles. The number of hydrogen-bond acceptors (Lipinski definition) is 8. The molecule has 1 N–H and O–H groups in total. The normalized spacial score (nSPS) is 12.1. The summed E-state index contributed by atoms with van der Waals surface area (Å²) in [5, 5.41) is 8.43. The van der Waals surface area contributed by atoms with Gasteiger partial charge in [0.1, 0.15) is 5.75 Å². The standard InChI is InChI=1S/C19H27F3O9S/c20-19(21,22)32(25,26)31-17-5-1-3-16(15-17)4-2-7-27-9-11-29-13-14-30-12-10-28-8-6-18(23)24/h1,3,5,15H,2,4,6-14H2,(H,23,24). The third kappa shape index (κ3) is 12.8. The number of benzene rings is 1. The molecular formula is C19H27F3O9S.